The van der Waals surface area contributed by atoms with Crippen molar-refractivity contribution >= 4 is 22.8 Å². The van der Waals surface area contributed by atoms with Crippen molar-refractivity contribution < 1.29 is 28.5 Å². The van der Waals surface area contributed by atoms with Crippen LogP contribution >= 0.6 is 0 Å². The maximum Gasteiger partial charge on any atom is 0.338 e. The van der Waals surface area contributed by atoms with Crippen LogP contribution in [0.15, 0.2) is 71.9 Å². The second-order valence-corrected chi connectivity index (χ2v) is 10.2. The zero-order valence-electron chi connectivity index (χ0n) is 23.4. The largest absolute Gasteiger partial charge is 0.497 e. The van der Waals surface area contributed by atoms with Crippen LogP contribution in [0.4, 0.5) is 4.79 Å². The van der Waals surface area contributed by atoms with E-state index in [4.69, 9.17) is 18.9 Å². The van der Waals surface area contributed by atoms with E-state index >= 15 is 0 Å². The highest BCUT2D eigenvalue weighted by Crippen LogP contribution is 2.34. The van der Waals surface area contributed by atoms with Gasteiger partial charge in [0.2, 0.25) is 0 Å². The van der Waals surface area contributed by atoms with Gasteiger partial charge in [0.05, 0.1) is 51.2 Å². The molecule has 3 aromatic rings. The molecule has 0 aliphatic carbocycles. The third-order valence-corrected chi connectivity index (χ3v) is 7.70. The molecule has 210 valence electrons. The van der Waals surface area contributed by atoms with Crippen LogP contribution in [0.3, 0.4) is 0 Å². The van der Waals surface area contributed by atoms with Crippen molar-refractivity contribution in [3.63, 3.8) is 0 Å². The summed E-state index contributed by atoms with van der Waals surface area (Å²) < 4.78 is 22.4. The number of benzene rings is 3. The summed E-state index contributed by atoms with van der Waals surface area (Å²) in [5.74, 6) is 1.10. The van der Waals surface area contributed by atoms with Crippen LogP contribution in [0.1, 0.15) is 43.9 Å². The van der Waals surface area contributed by atoms with Crippen molar-refractivity contribution in [1.82, 2.24) is 10.2 Å². The number of ether oxygens (including phenoxy) is 4. The van der Waals surface area contributed by atoms with Crippen molar-refractivity contribution in [2.75, 3.05) is 27.4 Å². The molecule has 2 aliphatic heterocycles. The van der Waals surface area contributed by atoms with Crippen molar-refractivity contribution in [1.29, 1.82) is 0 Å². The highest BCUT2D eigenvalue weighted by atomic mass is 16.5. The molecule has 3 atom stereocenters. The van der Waals surface area contributed by atoms with E-state index in [1.54, 1.807) is 33.0 Å². The maximum absolute atomic E-state index is 13.3. The quantitative estimate of drug-likeness (QED) is 0.356. The van der Waals surface area contributed by atoms with Crippen molar-refractivity contribution in [2.24, 2.45) is 0 Å². The standard InChI is InChI=1S/C32H36N2O6/c1-5-39-31(35)29-20(2)34(32(36)33-30(29)22-8-11-25(37-3)12-9-22)19-28-15-14-27(40-28)17-21-6-7-24-18-26(38-4)13-10-23(24)16-21/h6-13,16,18,27-28,30H,5,14-15,17,19H2,1-4H3,(H,33,36)/t27-,28-,30?/m0/s1. The topological polar surface area (TPSA) is 86.3 Å². The lowest BCUT2D eigenvalue weighted by Gasteiger charge is -2.36. The molecule has 40 heavy (non-hydrogen) atoms. The van der Waals surface area contributed by atoms with Crippen LogP contribution in [-0.4, -0.2) is 56.5 Å². The van der Waals surface area contributed by atoms with Gasteiger partial charge >= 0.3 is 12.0 Å². The Morgan fingerprint density at radius 2 is 1.62 bits per heavy atom. The molecule has 5 rings (SSSR count). The number of allylic oxidation sites excluding steroid dienone is 1. The molecule has 0 spiro atoms. The van der Waals surface area contributed by atoms with Gasteiger partial charge in [0.25, 0.3) is 0 Å². The number of carbonyl (C=O) groups excluding carboxylic acids is 2. The first-order valence-corrected chi connectivity index (χ1v) is 13.7. The Balaban J connectivity index is 1.29. The van der Waals surface area contributed by atoms with E-state index < -0.39 is 12.0 Å². The number of methoxy groups -OCH3 is 2. The Morgan fingerprint density at radius 3 is 2.35 bits per heavy atom. The van der Waals surface area contributed by atoms with Gasteiger partial charge in [-0.25, -0.2) is 9.59 Å². The van der Waals surface area contributed by atoms with Gasteiger partial charge in [-0.05, 0) is 79.3 Å². The van der Waals surface area contributed by atoms with Gasteiger partial charge in [-0.2, -0.15) is 0 Å². The first-order valence-electron chi connectivity index (χ1n) is 13.7. The Bertz CT molecular complexity index is 1420. The second-order valence-electron chi connectivity index (χ2n) is 10.2. The van der Waals surface area contributed by atoms with E-state index in [2.05, 4.69) is 29.6 Å². The Labute approximate surface area is 234 Å². The highest BCUT2D eigenvalue weighted by molar-refractivity contribution is 5.95. The number of esters is 1. The third kappa shape index (κ3) is 5.77. The third-order valence-electron chi connectivity index (χ3n) is 7.70. The molecule has 0 radical (unpaired) electrons. The zero-order valence-corrected chi connectivity index (χ0v) is 23.4. The van der Waals surface area contributed by atoms with Crippen molar-refractivity contribution in [3.05, 3.63) is 83.1 Å². The first kappa shape index (κ1) is 27.5. The summed E-state index contributed by atoms with van der Waals surface area (Å²) in [6.07, 6.45) is 2.48. The number of fused-ring (bicyclic) bond motifs is 1. The number of hydrogen-bond acceptors (Lipinski definition) is 6. The molecule has 8 nitrogen and oxygen atoms in total. The van der Waals surface area contributed by atoms with Gasteiger partial charge in [0, 0.05) is 5.70 Å². The van der Waals surface area contributed by atoms with E-state index in [0.29, 0.717) is 23.6 Å². The van der Waals surface area contributed by atoms with Crippen LogP contribution in [0, 0.1) is 0 Å². The summed E-state index contributed by atoms with van der Waals surface area (Å²) in [4.78, 5) is 28.0. The van der Waals surface area contributed by atoms with E-state index in [1.807, 2.05) is 36.4 Å². The summed E-state index contributed by atoms with van der Waals surface area (Å²) in [6.45, 7) is 4.19. The predicted molar refractivity (Wildman–Crippen MR) is 152 cm³/mol. The lowest BCUT2D eigenvalue weighted by Crippen LogP contribution is -2.50. The summed E-state index contributed by atoms with van der Waals surface area (Å²) in [5, 5.41) is 5.31. The highest BCUT2D eigenvalue weighted by Gasteiger charge is 2.38. The molecule has 2 heterocycles. The number of hydrogen-bond donors (Lipinski definition) is 1. The van der Waals surface area contributed by atoms with E-state index in [-0.39, 0.29) is 24.8 Å². The zero-order chi connectivity index (χ0) is 28.2. The summed E-state index contributed by atoms with van der Waals surface area (Å²) in [7, 11) is 3.27. The van der Waals surface area contributed by atoms with Gasteiger partial charge in [0.1, 0.15) is 11.5 Å². The minimum Gasteiger partial charge on any atom is -0.497 e. The molecule has 8 heteroatoms. The van der Waals surface area contributed by atoms with Gasteiger partial charge in [0.15, 0.2) is 0 Å². The van der Waals surface area contributed by atoms with Crippen molar-refractivity contribution in [3.8, 4) is 11.5 Å². The number of carbonyl (C=O) groups is 2. The van der Waals surface area contributed by atoms with Crippen LogP contribution < -0.4 is 14.8 Å². The van der Waals surface area contributed by atoms with Crippen LogP contribution in [-0.2, 0) is 20.7 Å². The Hall–Kier alpha value is -4.04. The molecule has 2 aliphatic rings. The molecule has 1 fully saturated rings. The molecule has 1 N–H and O–H groups in total. The average Bonchev–Trinajstić information content (AvgIpc) is 3.41. The monoisotopic (exact) mass is 544 g/mol. The molecule has 0 saturated carbocycles. The van der Waals surface area contributed by atoms with Gasteiger partial charge in [-0.1, -0.05) is 36.4 Å². The molecular weight excluding hydrogens is 508 g/mol. The minimum absolute atomic E-state index is 0.0643. The number of rotatable bonds is 9. The second kappa shape index (κ2) is 12.0. The molecule has 1 unspecified atom stereocenters. The maximum atomic E-state index is 13.3. The SMILES string of the molecule is CCOC(=O)C1=C(C)N(C[C@@H]2CC[C@@H](Cc3ccc4cc(OC)ccc4c3)O2)C(=O)NC1c1ccc(OC)cc1. The van der Waals surface area contributed by atoms with Crippen molar-refractivity contribution in [2.45, 2.75) is 51.4 Å². The number of amides is 2. The number of nitrogens with zero attached hydrogens (tertiary/aromatic N) is 1. The molecule has 1 saturated heterocycles. The van der Waals surface area contributed by atoms with Gasteiger partial charge in [-0.15, -0.1) is 0 Å². The van der Waals surface area contributed by atoms with Crippen LogP contribution in [0.25, 0.3) is 10.8 Å². The fourth-order valence-electron chi connectivity index (χ4n) is 5.58. The number of urea groups is 1. The molecular formula is C32H36N2O6. The molecule has 2 amide bonds. The van der Waals surface area contributed by atoms with E-state index in [0.717, 1.165) is 41.3 Å². The average molecular weight is 545 g/mol. The Kier molecular flexibility index (Phi) is 8.26. The first-order chi connectivity index (χ1) is 19.4. The molecule has 0 aromatic heterocycles. The normalized spacial score (nSPS) is 20.9. The Morgan fingerprint density at radius 1 is 0.950 bits per heavy atom. The van der Waals surface area contributed by atoms with Gasteiger partial charge in [-0.3, -0.25) is 4.90 Å². The fourth-order valence-corrected chi connectivity index (χ4v) is 5.58. The summed E-state index contributed by atoms with van der Waals surface area (Å²) in [5.41, 5.74) is 3.00. The van der Waals surface area contributed by atoms with E-state index in [9.17, 15) is 9.59 Å². The minimum atomic E-state index is -0.612. The summed E-state index contributed by atoms with van der Waals surface area (Å²) in [6, 6.07) is 19.0. The van der Waals surface area contributed by atoms with E-state index in [1.165, 1.54) is 5.56 Å². The molecule has 3 aromatic carbocycles. The molecule has 0 bridgehead atoms. The number of nitrogens with one attached hydrogen (secondary N) is 1. The lowest BCUT2D eigenvalue weighted by molar-refractivity contribution is -0.139. The van der Waals surface area contributed by atoms with Crippen LogP contribution in [0.5, 0.6) is 11.5 Å². The van der Waals surface area contributed by atoms with Gasteiger partial charge < -0.3 is 24.3 Å². The summed E-state index contributed by atoms with van der Waals surface area (Å²) >= 11 is 0. The smallest absolute Gasteiger partial charge is 0.338 e. The lowest BCUT2D eigenvalue weighted by atomic mass is 9.94. The fraction of sp³-hybridized carbons (Fsp3) is 0.375. The van der Waals surface area contributed by atoms with Crippen LogP contribution in [0.2, 0.25) is 0 Å². The predicted octanol–water partition coefficient (Wildman–Crippen LogP) is 5.55.